The number of aryl methyl sites for hydroxylation is 1. The van der Waals surface area contributed by atoms with Gasteiger partial charge in [-0.05, 0) is 36.0 Å². The van der Waals surface area contributed by atoms with Gasteiger partial charge in [0.25, 0.3) is 0 Å². The molecule has 0 aliphatic carbocycles. The zero-order valence-corrected chi connectivity index (χ0v) is 11.9. The van der Waals surface area contributed by atoms with E-state index in [4.69, 9.17) is 4.74 Å². The predicted molar refractivity (Wildman–Crippen MR) is 75.8 cm³/mol. The Kier molecular flexibility index (Phi) is 4.39. The van der Waals surface area contributed by atoms with E-state index in [0.717, 1.165) is 12.2 Å². The summed E-state index contributed by atoms with van der Waals surface area (Å²) in [5, 5.41) is 0. The molecular weight excluding hydrogens is 208 g/mol. The number of methoxy groups -OCH3 is 1. The second kappa shape index (κ2) is 5.39. The summed E-state index contributed by atoms with van der Waals surface area (Å²) in [5.74, 6) is 1.01. The van der Waals surface area contributed by atoms with Crippen LogP contribution in [0.15, 0.2) is 18.2 Å². The summed E-state index contributed by atoms with van der Waals surface area (Å²) >= 11 is 0. The van der Waals surface area contributed by atoms with E-state index < -0.39 is 0 Å². The number of benzene rings is 1. The fourth-order valence-corrected chi connectivity index (χ4v) is 1.96. The highest BCUT2D eigenvalue weighted by Gasteiger charge is 2.17. The van der Waals surface area contributed by atoms with Crippen molar-refractivity contribution >= 4 is 6.08 Å². The lowest BCUT2D eigenvalue weighted by atomic mass is 9.84. The molecule has 17 heavy (non-hydrogen) atoms. The molecule has 1 rings (SSSR count). The van der Waals surface area contributed by atoms with Crippen LogP contribution in [0.1, 0.15) is 51.3 Å². The van der Waals surface area contributed by atoms with Crippen LogP contribution in [0.3, 0.4) is 0 Å². The van der Waals surface area contributed by atoms with Crippen LogP contribution in [0, 0.1) is 0 Å². The first-order valence-electron chi connectivity index (χ1n) is 6.28. The first-order valence-corrected chi connectivity index (χ1v) is 6.28. The molecule has 0 aliphatic heterocycles. The molecule has 94 valence electrons. The molecule has 0 fully saturated rings. The highest BCUT2D eigenvalue weighted by molar-refractivity contribution is 5.62. The lowest BCUT2D eigenvalue weighted by Crippen LogP contribution is -2.12. The Balaban J connectivity index is 3.45. The SMILES string of the molecule is C/C=C\c1cc(C(C)(C)C)cc(CC)c1OC. The van der Waals surface area contributed by atoms with Gasteiger partial charge in [0.2, 0.25) is 0 Å². The number of rotatable bonds is 3. The maximum atomic E-state index is 5.54. The zero-order chi connectivity index (χ0) is 13.1. The largest absolute Gasteiger partial charge is 0.496 e. The number of ether oxygens (including phenoxy) is 1. The highest BCUT2D eigenvalue weighted by atomic mass is 16.5. The molecule has 0 bridgehead atoms. The van der Waals surface area contributed by atoms with Crippen molar-refractivity contribution in [3.8, 4) is 5.75 Å². The summed E-state index contributed by atoms with van der Waals surface area (Å²) < 4.78 is 5.54. The Labute approximate surface area is 106 Å². The van der Waals surface area contributed by atoms with E-state index in [9.17, 15) is 0 Å². The van der Waals surface area contributed by atoms with E-state index in [2.05, 4.69) is 52.0 Å². The maximum Gasteiger partial charge on any atom is 0.129 e. The van der Waals surface area contributed by atoms with Crippen molar-refractivity contribution in [2.24, 2.45) is 0 Å². The van der Waals surface area contributed by atoms with Gasteiger partial charge in [0.15, 0.2) is 0 Å². The van der Waals surface area contributed by atoms with Crippen LogP contribution in [0.4, 0.5) is 0 Å². The van der Waals surface area contributed by atoms with Crippen LogP contribution in [-0.2, 0) is 11.8 Å². The topological polar surface area (TPSA) is 9.23 Å². The Morgan fingerprint density at radius 3 is 2.29 bits per heavy atom. The lowest BCUT2D eigenvalue weighted by Gasteiger charge is -2.22. The molecule has 0 heterocycles. The molecule has 1 aromatic carbocycles. The first kappa shape index (κ1) is 13.8. The molecule has 0 aliphatic rings. The smallest absolute Gasteiger partial charge is 0.129 e. The average molecular weight is 232 g/mol. The third kappa shape index (κ3) is 3.12. The molecule has 0 saturated heterocycles. The molecule has 1 aromatic rings. The van der Waals surface area contributed by atoms with Gasteiger partial charge in [-0.1, -0.05) is 45.9 Å². The maximum absolute atomic E-state index is 5.54. The standard InChI is InChI=1S/C16H24O/c1-7-9-13-11-14(16(3,4)5)10-12(8-2)15(13)17-6/h7,9-11H,8H2,1-6H3/b9-7-. The van der Waals surface area contributed by atoms with E-state index in [0.29, 0.717) is 0 Å². The molecule has 0 spiro atoms. The van der Waals surface area contributed by atoms with Crippen LogP contribution in [-0.4, -0.2) is 7.11 Å². The van der Waals surface area contributed by atoms with Crippen molar-refractivity contribution < 1.29 is 4.74 Å². The Morgan fingerprint density at radius 2 is 1.88 bits per heavy atom. The van der Waals surface area contributed by atoms with Crippen LogP contribution >= 0.6 is 0 Å². The summed E-state index contributed by atoms with van der Waals surface area (Å²) in [6.45, 7) is 10.9. The second-order valence-corrected chi connectivity index (χ2v) is 5.36. The van der Waals surface area contributed by atoms with E-state index in [1.807, 2.05) is 6.92 Å². The number of allylic oxidation sites excluding steroid dienone is 1. The second-order valence-electron chi connectivity index (χ2n) is 5.36. The lowest BCUT2D eigenvalue weighted by molar-refractivity contribution is 0.408. The van der Waals surface area contributed by atoms with Gasteiger partial charge >= 0.3 is 0 Å². The minimum Gasteiger partial charge on any atom is -0.496 e. The molecule has 1 heteroatoms. The van der Waals surface area contributed by atoms with E-state index in [1.165, 1.54) is 16.7 Å². The Bertz CT molecular complexity index is 408. The molecule has 1 nitrogen and oxygen atoms in total. The van der Waals surface area contributed by atoms with Gasteiger partial charge in [-0.25, -0.2) is 0 Å². The van der Waals surface area contributed by atoms with Crippen LogP contribution in [0.25, 0.3) is 6.08 Å². The molecule has 0 aromatic heterocycles. The van der Waals surface area contributed by atoms with E-state index in [1.54, 1.807) is 7.11 Å². The third-order valence-electron chi connectivity index (χ3n) is 2.99. The summed E-state index contributed by atoms with van der Waals surface area (Å²) in [6.07, 6.45) is 5.18. The average Bonchev–Trinajstić information content (AvgIpc) is 2.27. The first-order chi connectivity index (χ1) is 7.93. The van der Waals surface area contributed by atoms with Gasteiger partial charge < -0.3 is 4.74 Å². The van der Waals surface area contributed by atoms with Gasteiger partial charge in [0, 0.05) is 5.56 Å². The summed E-state index contributed by atoms with van der Waals surface area (Å²) in [4.78, 5) is 0. The Hall–Kier alpha value is -1.24. The van der Waals surface area contributed by atoms with Crippen molar-refractivity contribution in [3.05, 3.63) is 34.9 Å². The fraction of sp³-hybridized carbons (Fsp3) is 0.500. The van der Waals surface area contributed by atoms with Crippen molar-refractivity contribution in [1.82, 2.24) is 0 Å². The normalized spacial score (nSPS) is 12.1. The summed E-state index contributed by atoms with van der Waals surface area (Å²) in [5.41, 5.74) is 4.00. The monoisotopic (exact) mass is 232 g/mol. The quantitative estimate of drug-likeness (QED) is 0.740. The van der Waals surface area contributed by atoms with E-state index in [-0.39, 0.29) is 5.41 Å². The number of hydrogen-bond donors (Lipinski definition) is 0. The zero-order valence-electron chi connectivity index (χ0n) is 11.9. The molecule has 0 unspecified atom stereocenters. The fourth-order valence-electron chi connectivity index (χ4n) is 1.96. The van der Waals surface area contributed by atoms with Crippen molar-refractivity contribution in [3.63, 3.8) is 0 Å². The molecule has 0 saturated carbocycles. The molecule has 0 amide bonds. The molecule has 0 N–H and O–H groups in total. The molecule has 0 atom stereocenters. The highest BCUT2D eigenvalue weighted by Crippen LogP contribution is 2.32. The van der Waals surface area contributed by atoms with Gasteiger partial charge in [0.05, 0.1) is 7.11 Å². The molecule has 0 radical (unpaired) electrons. The van der Waals surface area contributed by atoms with Gasteiger partial charge in [-0.3, -0.25) is 0 Å². The Morgan fingerprint density at radius 1 is 1.24 bits per heavy atom. The van der Waals surface area contributed by atoms with Crippen molar-refractivity contribution in [2.45, 2.75) is 46.5 Å². The van der Waals surface area contributed by atoms with Crippen molar-refractivity contribution in [1.29, 1.82) is 0 Å². The third-order valence-corrected chi connectivity index (χ3v) is 2.99. The van der Waals surface area contributed by atoms with E-state index >= 15 is 0 Å². The van der Waals surface area contributed by atoms with Crippen molar-refractivity contribution in [2.75, 3.05) is 7.11 Å². The summed E-state index contributed by atoms with van der Waals surface area (Å²) in [6, 6.07) is 4.50. The minimum atomic E-state index is 0.173. The summed E-state index contributed by atoms with van der Waals surface area (Å²) in [7, 11) is 1.75. The van der Waals surface area contributed by atoms with Crippen LogP contribution in [0.2, 0.25) is 0 Å². The molecular formula is C16H24O. The van der Waals surface area contributed by atoms with Gasteiger partial charge in [-0.2, -0.15) is 0 Å². The van der Waals surface area contributed by atoms with Gasteiger partial charge in [0.1, 0.15) is 5.75 Å². The van der Waals surface area contributed by atoms with Crippen LogP contribution in [0.5, 0.6) is 5.75 Å². The number of hydrogen-bond acceptors (Lipinski definition) is 1. The van der Waals surface area contributed by atoms with Crippen LogP contribution < -0.4 is 4.74 Å². The predicted octanol–water partition coefficient (Wildman–Crippen LogP) is 4.59. The minimum absolute atomic E-state index is 0.173. The van der Waals surface area contributed by atoms with Gasteiger partial charge in [-0.15, -0.1) is 0 Å².